The van der Waals surface area contributed by atoms with Gasteiger partial charge in [-0.15, -0.1) is 0 Å². The van der Waals surface area contributed by atoms with Crippen molar-refractivity contribution in [2.24, 2.45) is 0 Å². The van der Waals surface area contributed by atoms with E-state index >= 15 is 0 Å². The van der Waals surface area contributed by atoms with Gasteiger partial charge < -0.3 is 0 Å². The predicted molar refractivity (Wildman–Crippen MR) is 67.6 cm³/mol. The van der Waals surface area contributed by atoms with Crippen molar-refractivity contribution < 1.29 is 14.8 Å². The van der Waals surface area contributed by atoms with E-state index in [9.17, 15) is 0 Å². The number of ether oxygens (including phenoxy) is 1. The van der Waals surface area contributed by atoms with Crippen LogP contribution in [0.3, 0.4) is 0 Å². The second-order valence-corrected chi connectivity index (χ2v) is 11.9. The molecule has 16 heavy (non-hydrogen) atoms. The monoisotopic (exact) mass is 243 g/mol. The molecule has 0 fully saturated rings. The van der Waals surface area contributed by atoms with Gasteiger partial charge >= 0.3 is 96.6 Å². The second kappa shape index (κ2) is 5.63. The van der Waals surface area contributed by atoms with Crippen LogP contribution in [0.4, 0.5) is 0 Å². The van der Waals surface area contributed by atoms with Crippen molar-refractivity contribution in [1.82, 2.24) is 9.78 Å². The summed E-state index contributed by atoms with van der Waals surface area (Å²) < 4.78 is 6.92. The fourth-order valence-corrected chi connectivity index (χ4v) is 2.13. The number of hydrogen-bond acceptors (Lipinski definition) is 4. The van der Waals surface area contributed by atoms with Gasteiger partial charge in [0.05, 0.1) is 0 Å². The Kier molecular flexibility index (Phi) is 4.72. The first-order chi connectivity index (χ1) is 7.40. The van der Waals surface area contributed by atoms with Crippen molar-refractivity contribution >= 4 is 20.8 Å². The molecule has 0 atom stereocenters. The molecule has 0 aliphatic rings. The Balaban J connectivity index is 2.35. The molecule has 0 bridgehead atoms. The molecule has 1 aromatic heterocycles. The van der Waals surface area contributed by atoms with Gasteiger partial charge in [-0.05, 0) is 0 Å². The molecule has 0 amide bonds. The van der Waals surface area contributed by atoms with E-state index in [1.165, 1.54) is 10.9 Å². The Hall–Kier alpha value is -0.628. The van der Waals surface area contributed by atoms with Gasteiger partial charge in [-0.1, -0.05) is 0 Å². The van der Waals surface area contributed by atoms with E-state index < -0.39 is 15.2 Å². The van der Waals surface area contributed by atoms with Crippen LogP contribution in [-0.4, -0.2) is 41.6 Å². The maximum atomic E-state index is 9.03. The minimum atomic E-state index is -1.50. The van der Waals surface area contributed by atoms with Crippen LogP contribution in [0.1, 0.15) is 0 Å². The van der Waals surface area contributed by atoms with E-state index in [2.05, 4.69) is 24.7 Å². The zero-order valence-corrected chi connectivity index (χ0v) is 11.3. The molecule has 0 aliphatic heterocycles. The summed E-state index contributed by atoms with van der Waals surface area (Å²) in [4.78, 5) is 0. The van der Waals surface area contributed by atoms with Gasteiger partial charge in [0, 0.05) is 0 Å². The fraction of sp³-hybridized carbons (Fsp3) is 0.667. The third kappa shape index (κ3) is 4.48. The molecule has 0 spiro atoms. The Labute approximate surface area is 97.2 Å². The summed E-state index contributed by atoms with van der Waals surface area (Å²) in [6, 6.07) is 2.68. The standard InChI is InChI=1S/C9H20BN2O3Si/c1-16(2,3)7-6-15-8-12-9(10(13)14)4-5-11-12/h4-5,13-14,16H,6-8H2,1-3H3/q-1. The third-order valence-electron chi connectivity index (χ3n) is 2.36. The van der Waals surface area contributed by atoms with Gasteiger partial charge in [-0.25, -0.2) is 0 Å². The van der Waals surface area contributed by atoms with E-state index in [0.29, 0.717) is 12.2 Å². The van der Waals surface area contributed by atoms with Crippen LogP contribution >= 0.6 is 0 Å². The molecule has 7 heteroatoms. The molecule has 0 aliphatic carbocycles. The summed E-state index contributed by atoms with van der Waals surface area (Å²) in [5.74, 6) is 0. The topological polar surface area (TPSA) is 67.5 Å². The molecule has 0 unspecified atom stereocenters. The molecule has 0 aromatic carbocycles. The first kappa shape index (κ1) is 13.4. The van der Waals surface area contributed by atoms with E-state index in [-0.39, 0.29) is 6.73 Å². The fourth-order valence-electron chi connectivity index (χ4n) is 1.26. The van der Waals surface area contributed by atoms with Crippen LogP contribution in [0, 0.1) is 0 Å². The average Bonchev–Trinajstić information content (AvgIpc) is 2.58. The van der Waals surface area contributed by atoms with Crippen LogP contribution in [0.5, 0.6) is 0 Å². The quantitative estimate of drug-likeness (QED) is 0.527. The van der Waals surface area contributed by atoms with Gasteiger partial charge in [-0.2, -0.15) is 0 Å². The van der Waals surface area contributed by atoms with Crippen molar-refractivity contribution in [2.45, 2.75) is 32.4 Å². The minimum absolute atomic E-state index is 0.273. The van der Waals surface area contributed by atoms with Crippen LogP contribution in [0.25, 0.3) is 0 Å². The van der Waals surface area contributed by atoms with Gasteiger partial charge in [0.1, 0.15) is 0 Å². The predicted octanol–water partition coefficient (Wildman–Crippen LogP) is -0.393. The summed E-state index contributed by atoms with van der Waals surface area (Å²) >= 11 is 0. The summed E-state index contributed by atoms with van der Waals surface area (Å²) in [6.07, 6.45) is 1.53. The summed E-state index contributed by atoms with van der Waals surface area (Å²) in [5, 5.41) is 22.0. The molecule has 5 nitrogen and oxygen atoms in total. The summed E-state index contributed by atoms with van der Waals surface area (Å²) in [7, 11) is -2.83. The summed E-state index contributed by atoms with van der Waals surface area (Å²) in [6.45, 7) is 7.91. The Morgan fingerprint density at radius 2 is 2.12 bits per heavy atom. The van der Waals surface area contributed by atoms with Gasteiger partial charge in [-0.3, -0.25) is 0 Å². The molecule has 92 valence electrons. The molecular weight excluding hydrogens is 223 g/mol. The first-order valence-corrected chi connectivity index (χ1v) is 9.92. The van der Waals surface area contributed by atoms with E-state index in [4.69, 9.17) is 14.8 Å². The van der Waals surface area contributed by atoms with Crippen molar-refractivity contribution in [3.63, 3.8) is 0 Å². The van der Waals surface area contributed by atoms with Gasteiger partial charge in [0.2, 0.25) is 0 Å². The molecule has 0 radical (unpaired) electrons. The number of nitrogens with zero attached hydrogens (tertiary/aromatic N) is 2. The van der Waals surface area contributed by atoms with Crippen LogP contribution < -0.4 is 5.59 Å². The molecule has 0 saturated carbocycles. The summed E-state index contributed by atoms with van der Waals surface area (Å²) in [5.41, 5.74) is 0.357. The van der Waals surface area contributed by atoms with E-state index in [1.807, 2.05) is 0 Å². The normalized spacial score (nSPS) is 12.8. The SMILES string of the molecule is C[SiH-](C)(C)CCOCn1nccc1B(O)O. The van der Waals surface area contributed by atoms with Crippen molar-refractivity contribution in [1.29, 1.82) is 0 Å². The van der Waals surface area contributed by atoms with Crippen molar-refractivity contribution in [3.05, 3.63) is 12.3 Å². The Morgan fingerprint density at radius 1 is 1.44 bits per heavy atom. The second-order valence-electron chi connectivity index (χ2n) is 5.41. The number of rotatable bonds is 6. The molecular formula is C9H20BN2O3Si-. The zero-order chi connectivity index (χ0) is 12.2. The maximum absolute atomic E-state index is 9.03. The molecule has 2 N–H and O–H groups in total. The van der Waals surface area contributed by atoms with Gasteiger partial charge in [0.25, 0.3) is 0 Å². The Morgan fingerprint density at radius 3 is 2.69 bits per heavy atom. The molecule has 1 heterocycles. The molecule has 0 saturated heterocycles. The Bertz CT molecular complexity index is 325. The van der Waals surface area contributed by atoms with Crippen LogP contribution in [-0.2, 0) is 11.5 Å². The number of aromatic nitrogens is 2. The molecule has 1 rings (SSSR count). The zero-order valence-electron chi connectivity index (χ0n) is 10.1. The van der Waals surface area contributed by atoms with Gasteiger partial charge in [0.15, 0.2) is 0 Å². The third-order valence-corrected chi connectivity index (χ3v) is 4.32. The molecule has 1 aromatic rings. The van der Waals surface area contributed by atoms with Crippen molar-refractivity contribution in [2.75, 3.05) is 6.61 Å². The van der Waals surface area contributed by atoms with Crippen LogP contribution in [0.15, 0.2) is 12.3 Å². The number of hydrogen-bond donors (Lipinski definition) is 2. The van der Waals surface area contributed by atoms with E-state index in [1.54, 1.807) is 6.07 Å². The van der Waals surface area contributed by atoms with Crippen LogP contribution in [0.2, 0.25) is 25.7 Å². The first-order valence-electron chi connectivity index (χ1n) is 5.64. The average molecular weight is 243 g/mol. The van der Waals surface area contributed by atoms with Crippen molar-refractivity contribution in [3.8, 4) is 0 Å². The van der Waals surface area contributed by atoms with E-state index in [0.717, 1.165) is 6.04 Å².